The van der Waals surface area contributed by atoms with Crippen molar-refractivity contribution in [2.45, 2.75) is 32.2 Å². The van der Waals surface area contributed by atoms with Crippen LogP contribution in [0.5, 0.6) is 0 Å². The van der Waals surface area contributed by atoms with Gasteiger partial charge in [0.1, 0.15) is 6.04 Å². The van der Waals surface area contributed by atoms with Crippen molar-refractivity contribution >= 4 is 40.7 Å². The number of nitrogens with zero attached hydrogens (tertiary/aromatic N) is 1. The summed E-state index contributed by atoms with van der Waals surface area (Å²) >= 11 is 12.1. The fourth-order valence-corrected chi connectivity index (χ4v) is 3.74. The summed E-state index contributed by atoms with van der Waals surface area (Å²) in [6, 6.07) is 4.49. The van der Waals surface area contributed by atoms with Crippen molar-refractivity contribution in [3.8, 4) is 0 Å². The molecule has 2 unspecified atom stereocenters. The summed E-state index contributed by atoms with van der Waals surface area (Å²) in [4.78, 5) is 27.4. The van der Waals surface area contributed by atoms with Crippen LogP contribution in [0.25, 0.3) is 0 Å². The van der Waals surface area contributed by atoms with Crippen LogP contribution in [0.3, 0.4) is 0 Å². The molecule has 5 nitrogen and oxygen atoms in total. The van der Waals surface area contributed by atoms with Gasteiger partial charge in [0.2, 0.25) is 11.8 Å². The third-order valence-corrected chi connectivity index (χ3v) is 5.75. The lowest BCUT2D eigenvalue weighted by molar-refractivity contribution is -0.145. The third-order valence-electron chi connectivity index (χ3n) is 5.18. The number of amides is 2. The van der Waals surface area contributed by atoms with E-state index in [4.69, 9.17) is 23.2 Å². The van der Waals surface area contributed by atoms with Crippen LogP contribution < -0.4 is 10.6 Å². The Bertz CT molecular complexity index is 664. The molecule has 1 aromatic carbocycles. The van der Waals surface area contributed by atoms with Crippen LogP contribution in [0.4, 0.5) is 5.69 Å². The number of carbonyl (C=O) groups excluding carboxylic acids is 2. The molecule has 2 aliphatic rings. The van der Waals surface area contributed by atoms with Crippen molar-refractivity contribution in [1.29, 1.82) is 0 Å². The predicted molar refractivity (Wildman–Crippen MR) is 100.0 cm³/mol. The molecule has 2 aliphatic heterocycles. The van der Waals surface area contributed by atoms with E-state index in [2.05, 4.69) is 10.6 Å². The molecular formula is C18H23Cl2N3O2. The Morgan fingerprint density at radius 3 is 2.72 bits per heavy atom. The summed E-state index contributed by atoms with van der Waals surface area (Å²) < 4.78 is 0. The first-order valence-corrected chi connectivity index (χ1v) is 9.50. The largest absolute Gasteiger partial charge is 0.330 e. The van der Waals surface area contributed by atoms with E-state index in [1.807, 2.05) is 6.92 Å². The average molecular weight is 384 g/mol. The first-order chi connectivity index (χ1) is 12.0. The average Bonchev–Trinajstić information content (AvgIpc) is 2.56. The quantitative estimate of drug-likeness (QED) is 0.839. The summed E-state index contributed by atoms with van der Waals surface area (Å²) in [7, 11) is 0. The Morgan fingerprint density at radius 2 is 2.04 bits per heavy atom. The molecule has 2 atom stereocenters. The molecule has 0 spiro atoms. The fourth-order valence-electron chi connectivity index (χ4n) is 3.41. The molecule has 0 aromatic heterocycles. The monoisotopic (exact) mass is 383 g/mol. The number of anilines is 1. The van der Waals surface area contributed by atoms with Crippen LogP contribution in [-0.4, -0.2) is 42.4 Å². The van der Waals surface area contributed by atoms with Gasteiger partial charge in [-0.1, -0.05) is 30.1 Å². The van der Waals surface area contributed by atoms with Crippen LogP contribution in [0, 0.1) is 11.8 Å². The molecular weight excluding hydrogens is 361 g/mol. The summed E-state index contributed by atoms with van der Waals surface area (Å²) in [6.45, 7) is 4.33. The Labute approximate surface area is 158 Å². The van der Waals surface area contributed by atoms with Crippen molar-refractivity contribution in [2.75, 3.05) is 25.0 Å². The molecule has 0 bridgehead atoms. The van der Waals surface area contributed by atoms with Gasteiger partial charge in [-0.05, 0) is 56.5 Å². The molecule has 0 aliphatic carbocycles. The molecule has 25 heavy (non-hydrogen) atoms. The molecule has 2 saturated heterocycles. The standard InChI is InChI=1S/C18H23Cl2N3O2/c1-11(12-9-21-10-12)18(25)23-7-3-2-4-16(23)17(24)22-15-8-13(19)5-6-14(15)20/h5-6,8,11-12,16,21H,2-4,7,9-10H2,1H3,(H,22,24). The van der Waals surface area contributed by atoms with E-state index >= 15 is 0 Å². The number of likely N-dealkylation sites (tertiary alicyclic amines) is 1. The lowest BCUT2D eigenvalue weighted by atomic mass is 9.86. The highest BCUT2D eigenvalue weighted by Gasteiger charge is 2.38. The van der Waals surface area contributed by atoms with Gasteiger partial charge in [0.15, 0.2) is 0 Å². The second kappa shape index (κ2) is 7.94. The van der Waals surface area contributed by atoms with Crippen LogP contribution in [0.15, 0.2) is 18.2 Å². The molecule has 2 N–H and O–H groups in total. The van der Waals surface area contributed by atoms with E-state index in [1.165, 1.54) is 0 Å². The van der Waals surface area contributed by atoms with Crippen LogP contribution in [-0.2, 0) is 9.59 Å². The first kappa shape index (κ1) is 18.5. The molecule has 0 saturated carbocycles. The Balaban J connectivity index is 1.72. The lowest BCUT2D eigenvalue weighted by Crippen LogP contribution is -2.55. The van der Waals surface area contributed by atoms with Gasteiger partial charge in [0.05, 0.1) is 10.7 Å². The second-order valence-electron chi connectivity index (χ2n) is 6.86. The van der Waals surface area contributed by atoms with Crippen molar-refractivity contribution in [1.82, 2.24) is 10.2 Å². The number of rotatable bonds is 4. The van der Waals surface area contributed by atoms with Gasteiger partial charge in [-0.15, -0.1) is 0 Å². The zero-order valence-corrected chi connectivity index (χ0v) is 15.7. The molecule has 136 valence electrons. The van der Waals surface area contributed by atoms with Gasteiger partial charge < -0.3 is 15.5 Å². The van der Waals surface area contributed by atoms with Crippen LogP contribution >= 0.6 is 23.2 Å². The molecule has 1 aromatic rings. The number of halogens is 2. The van der Waals surface area contributed by atoms with Crippen molar-refractivity contribution in [2.24, 2.45) is 11.8 Å². The number of hydrogen-bond acceptors (Lipinski definition) is 3. The summed E-state index contributed by atoms with van der Waals surface area (Å²) in [6.07, 6.45) is 2.54. The van der Waals surface area contributed by atoms with Gasteiger partial charge in [-0.3, -0.25) is 9.59 Å². The maximum atomic E-state index is 12.9. The van der Waals surface area contributed by atoms with Gasteiger partial charge in [0.25, 0.3) is 0 Å². The van der Waals surface area contributed by atoms with Crippen molar-refractivity contribution in [3.05, 3.63) is 28.2 Å². The zero-order valence-electron chi connectivity index (χ0n) is 14.2. The molecule has 3 rings (SSSR count). The lowest BCUT2D eigenvalue weighted by Gasteiger charge is -2.40. The minimum atomic E-state index is -0.452. The fraction of sp³-hybridized carbons (Fsp3) is 0.556. The molecule has 2 heterocycles. The normalized spacial score (nSPS) is 22.2. The van der Waals surface area contributed by atoms with Crippen molar-refractivity contribution < 1.29 is 9.59 Å². The molecule has 2 fully saturated rings. The van der Waals surface area contributed by atoms with E-state index in [0.717, 1.165) is 25.9 Å². The minimum absolute atomic E-state index is 0.0654. The van der Waals surface area contributed by atoms with Crippen molar-refractivity contribution in [3.63, 3.8) is 0 Å². The van der Waals surface area contributed by atoms with E-state index in [9.17, 15) is 9.59 Å². The third kappa shape index (κ3) is 4.10. The van der Waals surface area contributed by atoms with Gasteiger partial charge >= 0.3 is 0 Å². The molecule has 0 radical (unpaired) electrons. The predicted octanol–water partition coefficient (Wildman–Crippen LogP) is 3.17. The second-order valence-corrected chi connectivity index (χ2v) is 7.71. The summed E-state index contributed by atoms with van der Waals surface area (Å²) in [5, 5.41) is 6.97. The van der Waals surface area contributed by atoms with E-state index in [1.54, 1.807) is 23.1 Å². The summed E-state index contributed by atoms with van der Waals surface area (Å²) in [5.41, 5.74) is 0.480. The van der Waals surface area contributed by atoms with Gasteiger partial charge in [-0.25, -0.2) is 0 Å². The van der Waals surface area contributed by atoms with Gasteiger partial charge in [-0.2, -0.15) is 0 Å². The Kier molecular flexibility index (Phi) is 5.87. The highest BCUT2D eigenvalue weighted by Crippen LogP contribution is 2.28. The summed E-state index contributed by atoms with van der Waals surface area (Å²) in [5.74, 6) is 0.171. The molecule has 2 amide bonds. The number of carbonyl (C=O) groups is 2. The number of benzene rings is 1. The van der Waals surface area contributed by atoms with E-state index in [0.29, 0.717) is 34.6 Å². The Hall–Kier alpha value is -1.30. The first-order valence-electron chi connectivity index (χ1n) is 8.74. The smallest absolute Gasteiger partial charge is 0.247 e. The number of piperidine rings is 1. The Morgan fingerprint density at radius 1 is 1.28 bits per heavy atom. The minimum Gasteiger partial charge on any atom is -0.330 e. The van der Waals surface area contributed by atoms with E-state index in [-0.39, 0.29) is 17.7 Å². The topological polar surface area (TPSA) is 61.4 Å². The maximum absolute atomic E-state index is 12.9. The zero-order chi connectivity index (χ0) is 18.0. The highest BCUT2D eigenvalue weighted by molar-refractivity contribution is 6.35. The SMILES string of the molecule is CC(C(=O)N1CCCCC1C(=O)Nc1cc(Cl)ccc1Cl)C1CNC1. The molecule has 7 heteroatoms. The van der Waals surface area contributed by atoms with E-state index < -0.39 is 6.04 Å². The highest BCUT2D eigenvalue weighted by atomic mass is 35.5. The number of nitrogens with one attached hydrogen (secondary N) is 2. The van der Waals surface area contributed by atoms with Gasteiger partial charge in [0, 0.05) is 17.5 Å². The van der Waals surface area contributed by atoms with Crippen LogP contribution in [0.1, 0.15) is 26.2 Å². The van der Waals surface area contributed by atoms with Crippen LogP contribution in [0.2, 0.25) is 10.0 Å². The maximum Gasteiger partial charge on any atom is 0.247 e. The number of hydrogen-bond donors (Lipinski definition) is 2.